The highest BCUT2D eigenvalue weighted by Gasteiger charge is 2.35. The number of benzene rings is 1. The predicted octanol–water partition coefficient (Wildman–Crippen LogP) is 2.13. The summed E-state index contributed by atoms with van der Waals surface area (Å²) in [5.41, 5.74) is 0.544. The van der Waals surface area contributed by atoms with Crippen LogP contribution in [0.2, 0.25) is 10.0 Å². The molecule has 0 saturated carbocycles. The van der Waals surface area contributed by atoms with Gasteiger partial charge in [0.25, 0.3) is 0 Å². The molecule has 3 rings (SSSR count). The molecule has 1 N–H and O–H groups in total. The molecule has 0 radical (unpaired) electrons. The van der Waals surface area contributed by atoms with Crippen molar-refractivity contribution in [2.24, 2.45) is 0 Å². The Hall–Kier alpha value is -0.860. The Morgan fingerprint density at radius 3 is 2.50 bits per heavy atom. The molecule has 0 aliphatic carbocycles. The van der Waals surface area contributed by atoms with Crippen LogP contribution < -0.4 is 5.32 Å². The molecule has 1 amide bonds. The lowest BCUT2D eigenvalue weighted by atomic mass is 10.1. The fraction of sp³-hybridized carbons (Fsp3) is 0.588. The van der Waals surface area contributed by atoms with Crippen LogP contribution in [0.25, 0.3) is 0 Å². The molecule has 2 saturated heterocycles. The van der Waals surface area contributed by atoms with Crippen LogP contribution in [0.3, 0.4) is 0 Å². The second-order valence-electron chi connectivity index (χ2n) is 6.92. The molecular formula is C17H23Cl2N3O3S. The van der Waals surface area contributed by atoms with Crippen LogP contribution >= 0.6 is 23.2 Å². The van der Waals surface area contributed by atoms with Crippen molar-refractivity contribution in [1.82, 2.24) is 9.80 Å². The molecule has 2 unspecified atom stereocenters. The van der Waals surface area contributed by atoms with Gasteiger partial charge < -0.3 is 5.32 Å². The number of amides is 1. The highest BCUT2D eigenvalue weighted by Crippen LogP contribution is 2.26. The second kappa shape index (κ2) is 8.02. The fourth-order valence-electron chi connectivity index (χ4n) is 3.55. The van der Waals surface area contributed by atoms with E-state index in [0.29, 0.717) is 27.9 Å². The summed E-state index contributed by atoms with van der Waals surface area (Å²) >= 11 is 12.0. The zero-order valence-corrected chi connectivity index (χ0v) is 16.9. The normalized spacial score (nSPS) is 25.1. The zero-order valence-electron chi connectivity index (χ0n) is 14.6. The molecule has 0 spiro atoms. The molecule has 2 fully saturated rings. The van der Waals surface area contributed by atoms with Crippen molar-refractivity contribution in [2.75, 3.05) is 43.0 Å². The van der Waals surface area contributed by atoms with Crippen LogP contribution in [0.15, 0.2) is 18.2 Å². The van der Waals surface area contributed by atoms with E-state index in [1.807, 2.05) is 6.92 Å². The van der Waals surface area contributed by atoms with Gasteiger partial charge in [-0.1, -0.05) is 23.2 Å². The van der Waals surface area contributed by atoms with E-state index in [9.17, 15) is 13.2 Å². The highest BCUT2D eigenvalue weighted by molar-refractivity contribution is 7.91. The van der Waals surface area contributed by atoms with Crippen molar-refractivity contribution < 1.29 is 13.2 Å². The first-order chi connectivity index (χ1) is 12.2. The lowest BCUT2D eigenvalue weighted by Gasteiger charge is -2.39. The molecule has 6 nitrogen and oxygen atoms in total. The minimum atomic E-state index is -2.87. The van der Waals surface area contributed by atoms with Gasteiger partial charge in [0, 0.05) is 37.2 Å². The Labute approximate surface area is 164 Å². The van der Waals surface area contributed by atoms with Crippen LogP contribution in [-0.2, 0) is 14.6 Å². The number of sulfone groups is 1. The average molecular weight is 420 g/mol. The van der Waals surface area contributed by atoms with E-state index in [0.717, 1.165) is 26.2 Å². The van der Waals surface area contributed by atoms with Gasteiger partial charge >= 0.3 is 0 Å². The van der Waals surface area contributed by atoms with Gasteiger partial charge in [0.05, 0.1) is 28.3 Å². The second-order valence-corrected chi connectivity index (χ2v) is 9.99. The number of nitrogens with zero attached hydrogens (tertiary/aromatic N) is 2. The SMILES string of the molecule is CC(C(=O)Nc1ccc(Cl)cc1Cl)N1CCN(C2CCS(=O)(=O)C2)CC1. The van der Waals surface area contributed by atoms with E-state index < -0.39 is 9.84 Å². The summed E-state index contributed by atoms with van der Waals surface area (Å²) in [6.45, 7) is 4.90. The van der Waals surface area contributed by atoms with E-state index in [1.165, 1.54) is 0 Å². The third-order valence-electron chi connectivity index (χ3n) is 5.19. The molecule has 9 heteroatoms. The van der Waals surface area contributed by atoms with Crippen LogP contribution in [-0.4, -0.2) is 73.9 Å². The third-order valence-corrected chi connectivity index (χ3v) is 7.49. The van der Waals surface area contributed by atoms with Crippen LogP contribution in [0.4, 0.5) is 5.69 Å². The van der Waals surface area contributed by atoms with E-state index in [4.69, 9.17) is 23.2 Å². The zero-order chi connectivity index (χ0) is 18.9. The number of carbonyl (C=O) groups excluding carboxylic acids is 1. The van der Waals surface area contributed by atoms with E-state index in [-0.39, 0.29) is 23.7 Å². The molecular weight excluding hydrogens is 397 g/mol. The number of rotatable bonds is 4. The Balaban J connectivity index is 1.53. The molecule has 0 aromatic heterocycles. The molecule has 0 bridgehead atoms. The van der Waals surface area contributed by atoms with Gasteiger partial charge in [-0.15, -0.1) is 0 Å². The molecule has 2 atom stereocenters. The number of piperazine rings is 1. The highest BCUT2D eigenvalue weighted by atomic mass is 35.5. The first kappa shape index (κ1) is 19.9. The van der Waals surface area contributed by atoms with Crippen molar-refractivity contribution in [3.8, 4) is 0 Å². The molecule has 26 heavy (non-hydrogen) atoms. The summed E-state index contributed by atoms with van der Waals surface area (Å²) in [6, 6.07) is 4.80. The van der Waals surface area contributed by atoms with E-state index >= 15 is 0 Å². The maximum atomic E-state index is 12.5. The number of halogens is 2. The first-order valence-corrected chi connectivity index (χ1v) is 11.3. The molecule has 1 aromatic rings. The minimum absolute atomic E-state index is 0.119. The average Bonchev–Trinajstić information content (AvgIpc) is 2.97. The van der Waals surface area contributed by atoms with Crippen molar-refractivity contribution >= 4 is 44.6 Å². The number of hydrogen-bond acceptors (Lipinski definition) is 5. The van der Waals surface area contributed by atoms with Gasteiger partial charge in [-0.05, 0) is 31.5 Å². The van der Waals surface area contributed by atoms with Gasteiger partial charge in [-0.2, -0.15) is 0 Å². The van der Waals surface area contributed by atoms with Gasteiger partial charge in [0.15, 0.2) is 9.84 Å². The minimum Gasteiger partial charge on any atom is -0.323 e. The number of anilines is 1. The molecule has 2 aliphatic heterocycles. The third kappa shape index (κ3) is 4.70. The largest absolute Gasteiger partial charge is 0.323 e. The molecule has 2 aliphatic rings. The quantitative estimate of drug-likeness (QED) is 0.808. The topological polar surface area (TPSA) is 69.7 Å². The van der Waals surface area contributed by atoms with Gasteiger partial charge in [-0.25, -0.2) is 8.42 Å². The Morgan fingerprint density at radius 2 is 1.92 bits per heavy atom. The smallest absolute Gasteiger partial charge is 0.241 e. The molecule has 1 aromatic carbocycles. The lowest BCUT2D eigenvalue weighted by Crippen LogP contribution is -2.55. The first-order valence-electron chi connectivity index (χ1n) is 8.69. The monoisotopic (exact) mass is 419 g/mol. The Kier molecular flexibility index (Phi) is 6.14. The van der Waals surface area contributed by atoms with Crippen molar-refractivity contribution in [3.05, 3.63) is 28.2 Å². The van der Waals surface area contributed by atoms with E-state index in [2.05, 4.69) is 15.1 Å². The summed E-state index contributed by atoms with van der Waals surface area (Å²) in [7, 11) is -2.87. The maximum absolute atomic E-state index is 12.5. The maximum Gasteiger partial charge on any atom is 0.241 e. The van der Waals surface area contributed by atoms with Crippen LogP contribution in [0.5, 0.6) is 0 Å². The molecule has 2 heterocycles. The lowest BCUT2D eigenvalue weighted by molar-refractivity contribution is -0.121. The van der Waals surface area contributed by atoms with E-state index in [1.54, 1.807) is 18.2 Å². The number of nitrogens with one attached hydrogen (secondary N) is 1. The van der Waals surface area contributed by atoms with Crippen molar-refractivity contribution in [3.63, 3.8) is 0 Å². The fourth-order valence-corrected chi connectivity index (χ4v) is 5.76. The predicted molar refractivity (Wildman–Crippen MR) is 105 cm³/mol. The van der Waals surface area contributed by atoms with Gasteiger partial charge in [0.2, 0.25) is 5.91 Å². The number of carbonyl (C=O) groups is 1. The molecule has 144 valence electrons. The summed E-state index contributed by atoms with van der Waals surface area (Å²) in [5.74, 6) is 0.433. The summed E-state index contributed by atoms with van der Waals surface area (Å²) in [4.78, 5) is 16.9. The Morgan fingerprint density at radius 1 is 1.23 bits per heavy atom. The summed E-state index contributed by atoms with van der Waals surface area (Å²) < 4.78 is 23.3. The summed E-state index contributed by atoms with van der Waals surface area (Å²) in [6.07, 6.45) is 0.716. The number of hydrogen-bond donors (Lipinski definition) is 1. The Bertz CT molecular complexity index is 779. The van der Waals surface area contributed by atoms with Crippen molar-refractivity contribution in [2.45, 2.75) is 25.4 Å². The van der Waals surface area contributed by atoms with Crippen LogP contribution in [0.1, 0.15) is 13.3 Å². The van der Waals surface area contributed by atoms with Crippen molar-refractivity contribution in [1.29, 1.82) is 0 Å². The summed E-state index contributed by atoms with van der Waals surface area (Å²) in [5, 5.41) is 3.77. The van der Waals surface area contributed by atoms with Gasteiger partial charge in [-0.3, -0.25) is 14.6 Å². The van der Waals surface area contributed by atoms with Crippen LogP contribution in [0, 0.1) is 0 Å². The van der Waals surface area contributed by atoms with Gasteiger partial charge in [0.1, 0.15) is 0 Å². The standard InChI is InChI=1S/C17H23Cl2N3O3S/c1-12(17(23)20-16-3-2-13(18)10-15(16)19)21-5-7-22(8-6-21)14-4-9-26(24,25)11-14/h2-3,10,12,14H,4-9,11H2,1H3,(H,20,23).